The predicted octanol–water partition coefficient (Wildman–Crippen LogP) is 4.65. The Morgan fingerprint density at radius 3 is 1.68 bits per heavy atom. The van der Waals surface area contributed by atoms with Crippen molar-refractivity contribution in [1.29, 1.82) is 0 Å². The lowest BCUT2D eigenvalue weighted by Crippen LogP contribution is -2.52. The quantitative estimate of drug-likeness (QED) is 0.265. The monoisotopic (exact) mass is 665 g/mol. The Morgan fingerprint density at radius 1 is 0.681 bits per heavy atom. The Balaban J connectivity index is 0.000000180. The number of rotatable bonds is 10. The molecule has 2 heterocycles. The highest BCUT2D eigenvalue weighted by atomic mass is 16.5. The zero-order chi connectivity index (χ0) is 33.4. The first-order valence-corrected chi connectivity index (χ1v) is 19.9. The maximum absolute atomic E-state index is 11.2. The van der Waals surface area contributed by atoms with Gasteiger partial charge < -0.3 is 35.6 Å². The average molecular weight is 665 g/mol. The normalized spacial score (nSPS) is 36.0. The summed E-state index contributed by atoms with van der Waals surface area (Å²) in [4.78, 5) is 16.4. The number of aliphatic hydroxyl groups excluding tert-OH is 2. The van der Waals surface area contributed by atoms with Gasteiger partial charge in [-0.15, -0.1) is 0 Å². The van der Waals surface area contributed by atoms with Crippen LogP contribution in [0.3, 0.4) is 0 Å². The van der Waals surface area contributed by atoms with Crippen molar-refractivity contribution in [1.82, 2.24) is 15.1 Å². The number of hydrogen-bond acceptors (Lipinski definition) is 9. The molecule has 0 aromatic heterocycles. The molecular formula is C38H72N4O5. The van der Waals surface area contributed by atoms with E-state index in [0.717, 1.165) is 108 Å². The van der Waals surface area contributed by atoms with Crippen LogP contribution in [-0.4, -0.2) is 121 Å². The van der Waals surface area contributed by atoms with Crippen LogP contribution >= 0.6 is 0 Å². The van der Waals surface area contributed by atoms with Crippen molar-refractivity contribution in [3.63, 3.8) is 0 Å². The average Bonchev–Trinajstić information content (AvgIpc) is 3.77. The first kappa shape index (κ1) is 39.1. The van der Waals surface area contributed by atoms with Gasteiger partial charge >= 0.3 is 0 Å². The third-order valence-corrected chi connectivity index (χ3v) is 12.0. The summed E-state index contributed by atoms with van der Waals surface area (Å²) in [6.45, 7) is 12.2. The van der Waals surface area contributed by atoms with Gasteiger partial charge in [-0.2, -0.15) is 0 Å². The molecular weight excluding hydrogens is 592 g/mol. The molecule has 6 fully saturated rings. The maximum atomic E-state index is 11.2. The molecule has 6 aliphatic rings. The van der Waals surface area contributed by atoms with E-state index >= 15 is 0 Å². The van der Waals surface area contributed by atoms with Crippen molar-refractivity contribution in [2.24, 2.45) is 17.6 Å². The number of nitrogens with two attached hydrogens (primary N) is 1. The lowest BCUT2D eigenvalue weighted by Gasteiger charge is -2.39. The fourth-order valence-electron chi connectivity index (χ4n) is 8.95. The molecule has 0 radical (unpaired) electrons. The lowest BCUT2D eigenvalue weighted by molar-refractivity contribution is -0.121. The van der Waals surface area contributed by atoms with Crippen LogP contribution < -0.4 is 11.1 Å². The molecule has 0 unspecified atom stereocenters. The second-order valence-electron chi connectivity index (χ2n) is 15.5. The van der Waals surface area contributed by atoms with Crippen molar-refractivity contribution in [3.8, 4) is 0 Å². The van der Waals surface area contributed by atoms with Gasteiger partial charge in [-0.3, -0.25) is 9.69 Å². The Labute approximate surface area is 287 Å². The summed E-state index contributed by atoms with van der Waals surface area (Å²) >= 11 is 0. The molecule has 274 valence electrons. The molecule has 0 aromatic carbocycles. The van der Waals surface area contributed by atoms with Gasteiger partial charge in [0, 0.05) is 82.6 Å². The lowest BCUT2D eigenvalue weighted by atomic mass is 9.91. The molecule has 47 heavy (non-hydrogen) atoms. The number of aliphatic hydroxyl groups is 2. The van der Waals surface area contributed by atoms with Crippen LogP contribution in [0.2, 0.25) is 0 Å². The summed E-state index contributed by atoms with van der Waals surface area (Å²) in [6, 6.07) is 2.54. The van der Waals surface area contributed by atoms with Gasteiger partial charge in [0.2, 0.25) is 0 Å². The van der Waals surface area contributed by atoms with Crippen LogP contribution in [0.5, 0.6) is 0 Å². The molecule has 0 spiro atoms. The third-order valence-electron chi connectivity index (χ3n) is 12.0. The molecule has 6 rings (SSSR count). The first-order valence-electron chi connectivity index (χ1n) is 19.9. The topological polar surface area (TPSA) is 121 Å². The number of ketones is 1. The largest absolute Gasteiger partial charge is 0.392 e. The summed E-state index contributed by atoms with van der Waals surface area (Å²) in [5, 5.41) is 23.0. The standard InChI is InChI=1S/C19H36N2O2.C13H23NO2.C6H13NO/c1-2-23-14-15-7-8-17(13-15)21-11-9-16(10-12-21)20-18-5-3-4-6-19(18)22;1-2-16-10-11-3-4-12(9-11)14-7-5-13(15)6-8-14;7-5-3-1-2-4-6(5)8/h15-20,22H,2-14H2,1H3;11-12H,2-10H2,1H3;5-6,8H,1-4,7H2/t15-,17+,18-,19-;11-,12+;5-,6-/m000/s1. The zero-order valence-electron chi connectivity index (χ0n) is 30.2. The van der Waals surface area contributed by atoms with Gasteiger partial charge in [0.15, 0.2) is 0 Å². The van der Waals surface area contributed by atoms with Crippen molar-refractivity contribution in [2.45, 2.75) is 172 Å². The number of likely N-dealkylation sites (tertiary alicyclic amines) is 2. The van der Waals surface area contributed by atoms with Crippen LogP contribution in [0.25, 0.3) is 0 Å². The number of carbonyl (C=O) groups is 1. The molecule has 0 aromatic rings. The Hall–Kier alpha value is -0.650. The first-order chi connectivity index (χ1) is 22.9. The molecule has 2 aliphatic heterocycles. The van der Waals surface area contributed by atoms with Gasteiger partial charge in [0.25, 0.3) is 0 Å². The van der Waals surface area contributed by atoms with Crippen molar-refractivity contribution < 1.29 is 24.5 Å². The Kier molecular flexibility index (Phi) is 17.9. The van der Waals surface area contributed by atoms with Gasteiger partial charge in [0.05, 0.1) is 12.2 Å². The van der Waals surface area contributed by atoms with Crippen LogP contribution in [0.15, 0.2) is 0 Å². The van der Waals surface area contributed by atoms with Gasteiger partial charge in [-0.25, -0.2) is 0 Å². The fraction of sp³-hybridized carbons (Fsp3) is 0.974. The predicted molar refractivity (Wildman–Crippen MR) is 190 cm³/mol. The minimum atomic E-state index is -0.219. The summed E-state index contributed by atoms with van der Waals surface area (Å²) in [5.74, 6) is 1.98. The minimum absolute atomic E-state index is 0.0590. The highest BCUT2D eigenvalue weighted by Gasteiger charge is 2.34. The molecule has 4 aliphatic carbocycles. The van der Waals surface area contributed by atoms with E-state index in [4.69, 9.17) is 20.3 Å². The minimum Gasteiger partial charge on any atom is -0.392 e. The molecule has 9 heteroatoms. The number of nitrogens with zero attached hydrogens (tertiary/aromatic N) is 2. The number of piperidine rings is 2. The second-order valence-corrected chi connectivity index (χ2v) is 15.5. The highest BCUT2D eigenvalue weighted by Crippen LogP contribution is 2.32. The van der Waals surface area contributed by atoms with Crippen molar-refractivity contribution in [2.75, 3.05) is 52.6 Å². The van der Waals surface area contributed by atoms with Gasteiger partial charge in [-0.1, -0.05) is 25.7 Å². The number of nitrogens with one attached hydrogen (secondary N) is 1. The third kappa shape index (κ3) is 13.5. The Morgan fingerprint density at radius 2 is 1.19 bits per heavy atom. The molecule has 4 saturated carbocycles. The summed E-state index contributed by atoms with van der Waals surface area (Å²) in [5.41, 5.74) is 5.53. The van der Waals surface area contributed by atoms with E-state index in [9.17, 15) is 9.90 Å². The molecule has 5 N–H and O–H groups in total. The fourth-order valence-corrected chi connectivity index (χ4v) is 8.95. The van der Waals surface area contributed by atoms with Gasteiger partial charge in [-0.05, 0) is 116 Å². The summed E-state index contributed by atoms with van der Waals surface area (Å²) in [6.07, 6.45) is 20.5. The summed E-state index contributed by atoms with van der Waals surface area (Å²) < 4.78 is 11.1. The zero-order valence-corrected chi connectivity index (χ0v) is 30.2. The number of carbonyl (C=O) groups excluding carboxylic acids is 1. The number of ether oxygens (including phenoxy) is 2. The van der Waals surface area contributed by atoms with E-state index in [0.29, 0.717) is 17.9 Å². The molecule has 2 saturated heterocycles. The highest BCUT2D eigenvalue weighted by molar-refractivity contribution is 5.79. The molecule has 9 nitrogen and oxygen atoms in total. The van der Waals surface area contributed by atoms with E-state index < -0.39 is 0 Å². The Bertz CT molecular complexity index is 838. The van der Waals surface area contributed by atoms with Crippen LogP contribution in [-0.2, 0) is 14.3 Å². The van der Waals surface area contributed by atoms with E-state index in [1.54, 1.807) is 0 Å². The smallest absolute Gasteiger partial charge is 0.135 e. The SMILES string of the molecule is CCOC[C@H]1CC[C@@H](N2CCC(=O)CC2)C1.CCOC[C@H]1CC[C@@H](N2CCC(N[C@H]3CCCC[C@@H]3O)CC2)C1.N[C@H]1CCCC[C@@H]1O. The van der Waals surface area contributed by atoms with Crippen LogP contribution in [0.1, 0.15) is 129 Å². The molecule has 0 bridgehead atoms. The summed E-state index contributed by atoms with van der Waals surface area (Å²) in [7, 11) is 0. The van der Waals surface area contributed by atoms with Gasteiger partial charge in [0.1, 0.15) is 5.78 Å². The number of Topliss-reactive ketones (excluding diaryl/α,β-unsaturated/α-hetero) is 1. The number of hydrogen-bond donors (Lipinski definition) is 4. The maximum Gasteiger partial charge on any atom is 0.135 e. The molecule has 0 amide bonds. The molecule has 8 atom stereocenters. The van der Waals surface area contributed by atoms with E-state index in [1.807, 2.05) is 0 Å². The van der Waals surface area contributed by atoms with Crippen LogP contribution in [0, 0.1) is 11.8 Å². The van der Waals surface area contributed by atoms with E-state index in [-0.39, 0.29) is 18.2 Å². The van der Waals surface area contributed by atoms with Crippen LogP contribution in [0.4, 0.5) is 0 Å². The van der Waals surface area contributed by atoms with Crippen molar-refractivity contribution >= 4 is 5.78 Å². The van der Waals surface area contributed by atoms with E-state index in [2.05, 4.69) is 29.0 Å². The van der Waals surface area contributed by atoms with E-state index in [1.165, 1.54) is 83.7 Å². The van der Waals surface area contributed by atoms with Crippen molar-refractivity contribution in [3.05, 3.63) is 0 Å². The second kappa shape index (κ2) is 21.5.